The second-order valence-corrected chi connectivity index (χ2v) is 4.77. The zero-order chi connectivity index (χ0) is 14.2. The minimum absolute atomic E-state index is 0.277. The van der Waals surface area contributed by atoms with Gasteiger partial charge >= 0.3 is 0 Å². The maximum atomic E-state index is 13.9. The standard InChI is InChI=1S/C13H14ClFN4/c1-7-11(14)17-13(18-12(7)16)8-4-5-10(19(2)3)9(15)6-8/h4-6H,1-3H3,(H2,16,17,18). The van der Waals surface area contributed by atoms with Gasteiger partial charge in [0.15, 0.2) is 5.82 Å². The van der Waals surface area contributed by atoms with E-state index in [-0.39, 0.29) is 11.0 Å². The van der Waals surface area contributed by atoms with Crippen LogP contribution >= 0.6 is 11.6 Å². The predicted molar refractivity (Wildman–Crippen MR) is 75.9 cm³/mol. The largest absolute Gasteiger partial charge is 0.383 e. The Hall–Kier alpha value is -1.88. The first-order valence-corrected chi connectivity index (χ1v) is 6.05. The summed E-state index contributed by atoms with van der Waals surface area (Å²) in [5, 5.41) is 0.277. The van der Waals surface area contributed by atoms with Crippen molar-refractivity contribution in [3.8, 4) is 11.4 Å². The highest BCUT2D eigenvalue weighted by molar-refractivity contribution is 6.30. The van der Waals surface area contributed by atoms with E-state index in [0.29, 0.717) is 28.5 Å². The van der Waals surface area contributed by atoms with Crippen molar-refractivity contribution in [2.75, 3.05) is 24.7 Å². The third-order valence-corrected chi connectivity index (χ3v) is 3.18. The maximum Gasteiger partial charge on any atom is 0.163 e. The van der Waals surface area contributed by atoms with E-state index in [0.717, 1.165) is 0 Å². The van der Waals surface area contributed by atoms with E-state index in [1.807, 2.05) is 0 Å². The first kappa shape index (κ1) is 13.5. The average molecular weight is 281 g/mol. The SMILES string of the molecule is Cc1c(N)nc(-c2ccc(N(C)C)c(F)c2)nc1Cl. The quantitative estimate of drug-likeness (QED) is 0.860. The van der Waals surface area contributed by atoms with Gasteiger partial charge in [-0.2, -0.15) is 0 Å². The number of aromatic nitrogens is 2. The lowest BCUT2D eigenvalue weighted by atomic mass is 10.1. The Bertz CT molecular complexity index is 605. The van der Waals surface area contributed by atoms with Gasteiger partial charge in [0.1, 0.15) is 16.8 Å². The van der Waals surface area contributed by atoms with Gasteiger partial charge in [-0.1, -0.05) is 11.6 Å². The van der Waals surface area contributed by atoms with Crippen LogP contribution in [0.4, 0.5) is 15.9 Å². The van der Waals surface area contributed by atoms with Crippen LogP contribution in [0.2, 0.25) is 5.15 Å². The van der Waals surface area contributed by atoms with Crippen LogP contribution in [0.3, 0.4) is 0 Å². The van der Waals surface area contributed by atoms with Crippen LogP contribution in [-0.2, 0) is 0 Å². The fourth-order valence-electron chi connectivity index (χ4n) is 1.64. The summed E-state index contributed by atoms with van der Waals surface area (Å²) >= 11 is 5.96. The van der Waals surface area contributed by atoms with Gasteiger partial charge in [-0.25, -0.2) is 14.4 Å². The molecule has 1 aromatic heterocycles. The van der Waals surface area contributed by atoms with Crippen molar-refractivity contribution in [3.05, 3.63) is 34.7 Å². The van der Waals surface area contributed by atoms with E-state index in [1.165, 1.54) is 6.07 Å². The van der Waals surface area contributed by atoms with Gasteiger partial charge in [-0.15, -0.1) is 0 Å². The molecule has 0 bridgehead atoms. The van der Waals surface area contributed by atoms with Crippen molar-refractivity contribution < 1.29 is 4.39 Å². The third kappa shape index (κ3) is 2.61. The third-order valence-electron chi connectivity index (χ3n) is 2.81. The smallest absolute Gasteiger partial charge is 0.163 e. The highest BCUT2D eigenvalue weighted by atomic mass is 35.5. The van der Waals surface area contributed by atoms with Gasteiger partial charge in [0, 0.05) is 25.2 Å². The van der Waals surface area contributed by atoms with Crippen molar-refractivity contribution in [1.29, 1.82) is 0 Å². The van der Waals surface area contributed by atoms with Crippen molar-refractivity contribution in [3.63, 3.8) is 0 Å². The maximum absolute atomic E-state index is 13.9. The van der Waals surface area contributed by atoms with Crippen molar-refractivity contribution in [2.24, 2.45) is 0 Å². The first-order chi connectivity index (χ1) is 8.90. The first-order valence-electron chi connectivity index (χ1n) is 5.67. The second kappa shape index (κ2) is 5.01. The van der Waals surface area contributed by atoms with Crippen LogP contribution in [-0.4, -0.2) is 24.1 Å². The van der Waals surface area contributed by atoms with E-state index < -0.39 is 0 Å². The molecule has 19 heavy (non-hydrogen) atoms. The van der Waals surface area contributed by atoms with Gasteiger partial charge in [-0.05, 0) is 25.1 Å². The van der Waals surface area contributed by atoms with E-state index in [9.17, 15) is 4.39 Å². The fraction of sp³-hybridized carbons (Fsp3) is 0.231. The molecule has 1 heterocycles. The molecular weight excluding hydrogens is 267 g/mol. The van der Waals surface area contributed by atoms with Crippen molar-refractivity contribution in [1.82, 2.24) is 9.97 Å². The highest BCUT2D eigenvalue weighted by Gasteiger charge is 2.11. The number of nitrogens with two attached hydrogens (primary N) is 1. The summed E-state index contributed by atoms with van der Waals surface area (Å²) in [6.45, 7) is 1.73. The molecule has 1 aromatic carbocycles. The van der Waals surface area contributed by atoms with Gasteiger partial charge in [-0.3, -0.25) is 0 Å². The van der Waals surface area contributed by atoms with E-state index in [2.05, 4.69) is 9.97 Å². The Morgan fingerprint density at radius 2 is 1.95 bits per heavy atom. The summed E-state index contributed by atoms with van der Waals surface area (Å²) < 4.78 is 13.9. The lowest BCUT2D eigenvalue weighted by molar-refractivity contribution is 0.626. The molecular formula is C13H14ClFN4. The monoisotopic (exact) mass is 280 g/mol. The summed E-state index contributed by atoms with van der Waals surface area (Å²) in [7, 11) is 3.55. The molecule has 0 saturated heterocycles. The Morgan fingerprint density at radius 3 is 2.47 bits per heavy atom. The Balaban J connectivity index is 2.51. The molecule has 100 valence electrons. The highest BCUT2D eigenvalue weighted by Crippen LogP contribution is 2.26. The van der Waals surface area contributed by atoms with Crippen LogP contribution < -0.4 is 10.6 Å². The molecule has 0 radical (unpaired) electrons. The molecule has 0 atom stereocenters. The Morgan fingerprint density at radius 1 is 1.26 bits per heavy atom. The zero-order valence-electron chi connectivity index (χ0n) is 10.9. The van der Waals surface area contributed by atoms with Crippen LogP contribution in [0.15, 0.2) is 18.2 Å². The van der Waals surface area contributed by atoms with Crippen LogP contribution in [0.5, 0.6) is 0 Å². The number of hydrogen-bond donors (Lipinski definition) is 1. The van der Waals surface area contributed by atoms with Gasteiger partial charge in [0.05, 0.1) is 5.69 Å². The molecule has 0 unspecified atom stereocenters. The molecule has 2 rings (SSSR count). The second-order valence-electron chi connectivity index (χ2n) is 4.41. The molecule has 0 spiro atoms. The van der Waals surface area contributed by atoms with Crippen molar-refractivity contribution in [2.45, 2.75) is 6.92 Å². The topological polar surface area (TPSA) is 55.0 Å². The molecule has 0 aliphatic rings. The molecule has 6 heteroatoms. The number of benzene rings is 1. The number of nitrogen functional groups attached to an aromatic ring is 1. The van der Waals surface area contributed by atoms with Gasteiger partial charge < -0.3 is 10.6 Å². The van der Waals surface area contributed by atoms with E-state index in [1.54, 1.807) is 38.1 Å². The minimum atomic E-state index is -0.346. The summed E-state index contributed by atoms with van der Waals surface area (Å²) in [5.74, 6) is 0.269. The molecule has 2 N–H and O–H groups in total. The van der Waals surface area contributed by atoms with E-state index >= 15 is 0 Å². The van der Waals surface area contributed by atoms with Crippen LogP contribution in [0.25, 0.3) is 11.4 Å². The lowest BCUT2D eigenvalue weighted by Gasteiger charge is -2.14. The number of hydrogen-bond acceptors (Lipinski definition) is 4. The van der Waals surface area contributed by atoms with E-state index in [4.69, 9.17) is 17.3 Å². The molecule has 4 nitrogen and oxygen atoms in total. The fourth-order valence-corrected chi connectivity index (χ4v) is 1.82. The minimum Gasteiger partial charge on any atom is -0.383 e. The predicted octanol–water partition coefficient (Wildman–Crippen LogP) is 2.89. The molecule has 0 aliphatic heterocycles. The number of anilines is 2. The van der Waals surface area contributed by atoms with Gasteiger partial charge in [0.2, 0.25) is 0 Å². The summed E-state index contributed by atoms with van der Waals surface area (Å²) in [6.07, 6.45) is 0. The molecule has 2 aromatic rings. The number of rotatable bonds is 2. The van der Waals surface area contributed by atoms with Crippen molar-refractivity contribution >= 4 is 23.1 Å². The lowest BCUT2D eigenvalue weighted by Crippen LogP contribution is -2.10. The molecule has 0 saturated carbocycles. The van der Waals surface area contributed by atoms with Gasteiger partial charge in [0.25, 0.3) is 0 Å². The zero-order valence-corrected chi connectivity index (χ0v) is 11.7. The number of halogens is 2. The summed E-state index contributed by atoms with van der Waals surface area (Å²) in [4.78, 5) is 9.93. The molecule has 0 aliphatic carbocycles. The Labute approximate surface area is 116 Å². The van der Waals surface area contributed by atoms with Crippen LogP contribution in [0, 0.1) is 12.7 Å². The Kier molecular flexibility index (Phi) is 3.57. The average Bonchev–Trinajstić information content (AvgIpc) is 2.34. The van der Waals surface area contributed by atoms with Crippen LogP contribution in [0.1, 0.15) is 5.56 Å². The normalized spacial score (nSPS) is 10.6. The number of nitrogens with zero attached hydrogens (tertiary/aromatic N) is 3. The summed E-state index contributed by atoms with van der Waals surface area (Å²) in [6, 6.07) is 4.77. The molecule has 0 amide bonds. The molecule has 0 fully saturated rings. The summed E-state index contributed by atoms with van der Waals surface area (Å²) in [5.41, 5.74) is 7.39.